The number of likely N-dealkylation sites (tertiary alicyclic amines) is 1. The fourth-order valence-corrected chi connectivity index (χ4v) is 3.49. The topological polar surface area (TPSA) is 75.4 Å². The average molecular weight is 376 g/mol. The maximum atomic E-state index is 13.0. The normalized spacial score (nSPS) is 15.5. The van der Waals surface area contributed by atoms with Gasteiger partial charge in [-0.05, 0) is 43.0 Å². The number of carboxylic acids is 1. The van der Waals surface area contributed by atoms with Gasteiger partial charge in [0.05, 0.1) is 29.1 Å². The molecule has 0 saturated carbocycles. The van der Waals surface area contributed by atoms with Crippen LogP contribution in [-0.2, 0) is 4.79 Å². The molecule has 1 aromatic carbocycles. The number of nitrogens with zero attached hydrogens (tertiary/aromatic N) is 3. The van der Waals surface area contributed by atoms with Gasteiger partial charge in [0.25, 0.3) is 5.91 Å². The second-order valence-electron chi connectivity index (χ2n) is 6.89. The van der Waals surface area contributed by atoms with Crippen LogP contribution in [0.1, 0.15) is 48.7 Å². The fourth-order valence-electron chi connectivity index (χ4n) is 3.37. The largest absolute Gasteiger partial charge is 0.481 e. The minimum atomic E-state index is -0.782. The summed E-state index contributed by atoms with van der Waals surface area (Å²) in [5.41, 5.74) is 2.27. The monoisotopic (exact) mass is 375 g/mol. The highest BCUT2D eigenvalue weighted by molar-refractivity contribution is 6.30. The van der Waals surface area contributed by atoms with Gasteiger partial charge in [-0.3, -0.25) is 9.59 Å². The van der Waals surface area contributed by atoms with E-state index in [1.165, 1.54) is 0 Å². The van der Waals surface area contributed by atoms with Crippen molar-refractivity contribution in [2.24, 2.45) is 5.92 Å². The maximum absolute atomic E-state index is 13.0. The van der Waals surface area contributed by atoms with Crippen LogP contribution in [0.4, 0.5) is 0 Å². The number of halogens is 1. The lowest BCUT2D eigenvalue weighted by Crippen LogP contribution is -2.40. The Morgan fingerprint density at radius 1 is 1.19 bits per heavy atom. The van der Waals surface area contributed by atoms with Crippen molar-refractivity contribution in [3.8, 4) is 5.69 Å². The molecule has 3 rings (SSSR count). The molecule has 1 fully saturated rings. The zero-order chi connectivity index (χ0) is 18.8. The Morgan fingerprint density at radius 3 is 2.35 bits per heavy atom. The van der Waals surface area contributed by atoms with E-state index in [4.69, 9.17) is 16.7 Å². The molecule has 1 N–H and O–H groups in total. The number of aromatic nitrogens is 2. The Balaban J connectivity index is 1.87. The first-order chi connectivity index (χ1) is 12.4. The van der Waals surface area contributed by atoms with Crippen LogP contribution in [0, 0.1) is 5.92 Å². The highest BCUT2D eigenvalue weighted by Crippen LogP contribution is 2.26. The molecule has 6 nitrogen and oxygen atoms in total. The van der Waals surface area contributed by atoms with Crippen molar-refractivity contribution in [2.45, 2.75) is 32.6 Å². The summed E-state index contributed by atoms with van der Waals surface area (Å²) in [5, 5.41) is 14.2. The van der Waals surface area contributed by atoms with Gasteiger partial charge in [-0.25, -0.2) is 4.68 Å². The van der Waals surface area contributed by atoms with Crippen molar-refractivity contribution in [2.75, 3.05) is 13.1 Å². The Hall–Kier alpha value is -2.34. The van der Waals surface area contributed by atoms with Crippen LogP contribution in [0.2, 0.25) is 5.02 Å². The summed E-state index contributed by atoms with van der Waals surface area (Å²) in [5.74, 6) is -1.13. The average Bonchev–Trinajstić information content (AvgIpc) is 3.07. The molecule has 1 aliphatic rings. The molecule has 0 aliphatic carbocycles. The van der Waals surface area contributed by atoms with E-state index in [1.807, 2.05) is 26.0 Å². The molecule has 1 saturated heterocycles. The number of rotatable bonds is 4. The summed E-state index contributed by atoms with van der Waals surface area (Å²) in [6.45, 7) is 4.96. The van der Waals surface area contributed by atoms with E-state index >= 15 is 0 Å². The Morgan fingerprint density at radius 2 is 1.81 bits per heavy atom. The molecule has 1 aliphatic heterocycles. The molecule has 2 heterocycles. The van der Waals surface area contributed by atoms with E-state index in [2.05, 4.69) is 5.10 Å². The van der Waals surface area contributed by atoms with Gasteiger partial charge in [0.15, 0.2) is 0 Å². The van der Waals surface area contributed by atoms with Crippen LogP contribution < -0.4 is 0 Å². The molecular formula is C19H22ClN3O3. The summed E-state index contributed by atoms with van der Waals surface area (Å²) in [7, 11) is 0. The van der Waals surface area contributed by atoms with Crippen LogP contribution in [0.25, 0.3) is 5.69 Å². The highest BCUT2D eigenvalue weighted by Gasteiger charge is 2.30. The second-order valence-corrected chi connectivity index (χ2v) is 7.33. The van der Waals surface area contributed by atoms with Crippen molar-refractivity contribution in [3.63, 3.8) is 0 Å². The number of aliphatic carboxylic acids is 1. The third-order valence-corrected chi connectivity index (χ3v) is 5.04. The number of hydrogen-bond donors (Lipinski definition) is 1. The molecule has 0 atom stereocenters. The zero-order valence-electron chi connectivity index (χ0n) is 14.9. The zero-order valence-corrected chi connectivity index (χ0v) is 15.6. The van der Waals surface area contributed by atoms with Crippen LogP contribution >= 0.6 is 11.6 Å². The first kappa shape index (κ1) is 18.5. The minimum Gasteiger partial charge on any atom is -0.481 e. The van der Waals surface area contributed by atoms with E-state index in [0.717, 1.165) is 11.4 Å². The number of amides is 1. The SMILES string of the molecule is CC(C)c1c(C(=O)N2CCC(C(=O)O)CC2)cnn1-c1ccc(Cl)cc1. The summed E-state index contributed by atoms with van der Waals surface area (Å²) in [6.07, 6.45) is 2.59. The molecule has 26 heavy (non-hydrogen) atoms. The number of piperidine rings is 1. The molecule has 0 bridgehead atoms. The maximum Gasteiger partial charge on any atom is 0.306 e. The van der Waals surface area contributed by atoms with Crippen LogP contribution in [-0.4, -0.2) is 44.8 Å². The van der Waals surface area contributed by atoms with Gasteiger partial charge in [-0.15, -0.1) is 0 Å². The molecule has 0 spiro atoms. The van der Waals surface area contributed by atoms with Crippen molar-refractivity contribution in [1.29, 1.82) is 0 Å². The molecule has 0 radical (unpaired) electrons. The van der Waals surface area contributed by atoms with Gasteiger partial charge in [-0.2, -0.15) is 5.10 Å². The molecule has 1 aromatic heterocycles. The summed E-state index contributed by atoms with van der Waals surface area (Å²) in [4.78, 5) is 25.8. The van der Waals surface area contributed by atoms with Crippen molar-refractivity contribution < 1.29 is 14.7 Å². The minimum absolute atomic E-state index is 0.0854. The van der Waals surface area contributed by atoms with Crippen LogP contribution in [0.5, 0.6) is 0 Å². The van der Waals surface area contributed by atoms with E-state index in [0.29, 0.717) is 36.5 Å². The predicted molar refractivity (Wildman–Crippen MR) is 98.9 cm³/mol. The highest BCUT2D eigenvalue weighted by atomic mass is 35.5. The van der Waals surface area contributed by atoms with Gasteiger partial charge in [-0.1, -0.05) is 25.4 Å². The van der Waals surface area contributed by atoms with Crippen molar-refractivity contribution in [3.05, 3.63) is 46.7 Å². The lowest BCUT2D eigenvalue weighted by atomic mass is 9.96. The lowest BCUT2D eigenvalue weighted by molar-refractivity contribution is -0.143. The van der Waals surface area contributed by atoms with Crippen LogP contribution in [0.15, 0.2) is 30.5 Å². The predicted octanol–water partition coefficient (Wildman–Crippen LogP) is 3.59. The molecule has 138 valence electrons. The van der Waals surface area contributed by atoms with Crippen molar-refractivity contribution in [1.82, 2.24) is 14.7 Å². The van der Waals surface area contributed by atoms with E-state index in [9.17, 15) is 9.59 Å². The van der Waals surface area contributed by atoms with E-state index in [-0.39, 0.29) is 17.7 Å². The standard InChI is InChI=1S/C19H22ClN3O3/c1-12(2)17-16(11-21-23(17)15-5-3-14(20)4-6-15)18(24)22-9-7-13(8-10-22)19(25)26/h3-6,11-13H,7-10H2,1-2H3,(H,25,26). The number of hydrogen-bond acceptors (Lipinski definition) is 3. The van der Waals surface area contributed by atoms with Gasteiger partial charge in [0, 0.05) is 18.1 Å². The quantitative estimate of drug-likeness (QED) is 0.886. The van der Waals surface area contributed by atoms with E-state index < -0.39 is 5.97 Å². The Bertz CT molecular complexity index is 806. The number of benzene rings is 1. The lowest BCUT2D eigenvalue weighted by Gasteiger charge is -2.30. The molecule has 2 aromatic rings. The summed E-state index contributed by atoms with van der Waals surface area (Å²) >= 11 is 5.96. The summed E-state index contributed by atoms with van der Waals surface area (Å²) < 4.78 is 1.78. The second kappa shape index (κ2) is 7.50. The van der Waals surface area contributed by atoms with Gasteiger partial charge in [0.2, 0.25) is 0 Å². The fraction of sp³-hybridized carbons (Fsp3) is 0.421. The van der Waals surface area contributed by atoms with E-state index in [1.54, 1.807) is 27.9 Å². The first-order valence-corrected chi connectivity index (χ1v) is 9.12. The Labute approximate surface area is 157 Å². The van der Waals surface area contributed by atoms with Crippen molar-refractivity contribution >= 4 is 23.5 Å². The third kappa shape index (κ3) is 3.60. The van der Waals surface area contributed by atoms with Gasteiger partial charge < -0.3 is 10.0 Å². The first-order valence-electron chi connectivity index (χ1n) is 8.74. The molecule has 1 amide bonds. The number of carbonyl (C=O) groups is 2. The number of carbonyl (C=O) groups excluding carboxylic acids is 1. The smallest absolute Gasteiger partial charge is 0.306 e. The van der Waals surface area contributed by atoms with Crippen LogP contribution in [0.3, 0.4) is 0 Å². The Kier molecular flexibility index (Phi) is 5.32. The molecule has 0 unspecified atom stereocenters. The summed E-state index contributed by atoms with van der Waals surface area (Å²) in [6, 6.07) is 7.32. The number of carboxylic acid groups (broad SMARTS) is 1. The van der Waals surface area contributed by atoms with Gasteiger partial charge >= 0.3 is 5.97 Å². The molecular weight excluding hydrogens is 354 g/mol. The van der Waals surface area contributed by atoms with Gasteiger partial charge in [0.1, 0.15) is 0 Å². The molecule has 7 heteroatoms. The third-order valence-electron chi connectivity index (χ3n) is 4.79.